The summed E-state index contributed by atoms with van der Waals surface area (Å²) in [7, 11) is 1.70. The number of benzene rings is 2. The molecule has 0 spiro atoms. The summed E-state index contributed by atoms with van der Waals surface area (Å²) in [5.41, 5.74) is 7.99. The van der Waals surface area contributed by atoms with E-state index in [-0.39, 0.29) is 36.9 Å². The third-order valence-electron chi connectivity index (χ3n) is 6.67. The molecule has 1 saturated heterocycles. The van der Waals surface area contributed by atoms with Gasteiger partial charge in [0.05, 0.1) is 13.1 Å². The summed E-state index contributed by atoms with van der Waals surface area (Å²) >= 11 is 0. The van der Waals surface area contributed by atoms with Crippen LogP contribution >= 0.6 is 0 Å². The number of carbonyl (C=O) groups is 3. The molecule has 0 saturated carbocycles. The molecule has 2 atom stereocenters. The lowest BCUT2D eigenvalue weighted by molar-refractivity contribution is -0.139. The van der Waals surface area contributed by atoms with Crippen molar-refractivity contribution in [1.82, 2.24) is 20.4 Å². The molecule has 194 valence electrons. The highest BCUT2D eigenvalue weighted by molar-refractivity contribution is 5.88. The van der Waals surface area contributed by atoms with Gasteiger partial charge in [0.2, 0.25) is 17.7 Å². The molecule has 36 heavy (non-hydrogen) atoms. The van der Waals surface area contributed by atoms with E-state index < -0.39 is 6.04 Å². The Hall–Kier alpha value is -3.23. The monoisotopic (exact) mass is 493 g/mol. The van der Waals surface area contributed by atoms with Gasteiger partial charge in [-0.1, -0.05) is 60.7 Å². The molecule has 1 fully saturated rings. The Morgan fingerprint density at radius 2 is 1.67 bits per heavy atom. The number of nitrogens with two attached hydrogens (primary N) is 1. The minimum absolute atomic E-state index is 0.0603. The number of likely N-dealkylation sites (tertiary alicyclic amines) is 1. The van der Waals surface area contributed by atoms with E-state index in [1.54, 1.807) is 11.9 Å². The van der Waals surface area contributed by atoms with Gasteiger partial charge >= 0.3 is 0 Å². The molecule has 0 bridgehead atoms. The van der Waals surface area contributed by atoms with E-state index in [1.165, 1.54) is 0 Å². The van der Waals surface area contributed by atoms with Gasteiger partial charge in [-0.25, -0.2) is 0 Å². The summed E-state index contributed by atoms with van der Waals surface area (Å²) in [6.07, 6.45) is 3.62. The fourth-order valence-corrected chi connectivity index (χ4v) is 4.74. The number of likely N-dealkylation sites (N-methyl/N-ethyl adjacent to an activating group) is 1. The van der Waals surface area contributed by atoms with Crippen molar-refractivity contribution < 1.29 is 14.4 Å². The topological polar surface area (TPSA) is 108 Å². The Morgan fingerprint density at radius 1 is 1.03 bits per heavy atom. The highest BCUT2D eigenvalue weighted by atomic mass is 16.2. The van der Waals surface area contributed by atoms with E-state index in [9.17, 15) is 14.4 Å². The van der Waals surface area contributed by atoms with Crippen molar-refractivity contribution in [3.63, 3.8) is 0 Å². The van der Waals surface area contributed by atoms with Gasteiger partial charge in [-0.05, 0) is 50.3 Å². The molecule has 2 unspecified atom stereocenters. The normalized spacial score (nSPS) is 15.9. The maximum Gasteiger partial charge on any atom is 0.245 e. The summed E-state index contributed by atoms with van der Waals surface area (Å²) in [5.74, 6) is -0.406. The molecule has 3 amide bonds. The molecule has 0 aromatic heterocycles. The molecule has 1 heterocycles. The van der Waals surface area contributed by atoms with Crippen LogP contribution in [0.2, 0.25) is 0 Å². The lowest BCUT2D eigenvalue weighted by Gasteiger charge is -2.33. The Kier molecular flexibility index (Phi) is 10.9. The van der Waals surface area contributed by atoms with Crippen molar-refractivity contribution in [2.45, 2.75) is 44.2 Å². The number of carbonyl (C=O) groups excluding carboxylic acids is 3. The van der Waals surface area contributed by atoms with Gasteiger partial charge in [-0.3, -0.25) is 14.4 Å². The average Bonchev–Trinajstić information content (AvgIpc) is 3.37. The Labute approximate surface area is 214 Å². The van der Waals surface area contributed by atoms with Gasteiger partial charge in [0, 0.05) is 25.7 Å². The summed E-state index contributed by atoms with van der Waals surface area (Å²) in [6.45, 7) is 1.71. The average molecular weight is 494 g/mol. The Bertz CT molecular complexity index is 970. The minimum Gasteiger partial charge on any atom is -0.343 e. The maximum absolute atomic E-state index is 13.7. The zero-order valence-electron chi connectivity index (χ0n) is 21.2. The maximum atomic E-state index is 13.7. The fourth-order valence-electron chi connectivity index (χ4n) is 4.74. The van der Waals surface area contributed by atoms with Gasteiger partial charge in [0.15, 0.2) is 0 Å². The van der Waals surface area contributed by atoms with Crippen molar-refractivity contribution >= 4 is 17.7 Å². The summed E-state index contributed by atoms with van der Waals surface area (Å²) in [4.78, 5) is 42.3. The molecule has 2 aromatic carbocycles. The largest absolute Gasteiger partial charge is 0.343 e. The molecular weight excluding hydrogens is 454 g/mol. The second kappa shape index (κ2) is 14.4. The second-order valence-electron chi connectivity index (χ2n) is 9.28. The first-order chi connectivity index (χ1) is 17.5. The van der Waals surface area contributed by atoms with E-state index >= 15 is 0 Å². The van der Waals surface area contributed by atoms with Crippen LogP contribution in [0.4, 0.5) is 0 Å². The number of hydrogen-bond acceptors (Lipinski definition) is 5. The fraction of sp³-hybridized carbons (Fsp3) is 0.464. The Balaban J connectivity index is 1.68. The van der Waals surface area contributed by atoms with E-state index in [0.29, 0.717) is 32.5 Å². The molecule has 2 aromatic rings. The number of aryl methyl sites for hydroxylation is 1. The molecule has 8 heteroatoms. The SMILES string of the molecule is CNCC(=O)NC(CCc1ccccc1)C(=O)N1CCCC1CN(CCc1ccccc1)C(=O)CN. The second-order valence-corrected chi connectivity index (χ2v) is 9.28. The van der Waals surface area contributed by atoms with Crippen LogP contribution in [-0.4, -0.2) is 79.4 Å². The van der Waals surface area contributed by atoms with Crippen LogP contribution in [0.25, 0.3) is 0 Å². The third-order valence-corrected chi connectivity index (χ3v) is 6.67. The van der Waals surface area contributed by atoms with Crippen LogP contribution in [0.3, 0.4) is 0 Å². The van der Waals surface area contributed by atoms with Gasteiger partial charge < -0.3 is 26.2 Å². The predicted octanol–water partition coefficient (Wildman–Crippen LogP) is 1.34. The first-order valence-corrected chi connectivity index (χ1v) is 12.8. The quantitative estimate of drug-likeness (QED) is 0.390. The third kappa shape index (κ3) is 8.17. The van der Waals surface area contributed by atoms with Gasteiger partial charge in [-0.15, -0.1) is 0 Å². The minimum atomic E-state index is -0.616. The Morgan fingerprint density at radius 3 is 2.28 bits per heavy atom. The standard InChI is InChI=1S/C28H39N5O3/c1-30-20-26(34)31-25(15-14-22-9-4-2-5-10-22)28(36)33-17-8-13-24(33)21-32(27(35)19-29)18-16-23-11-6-3-7-12-23/h2-7,9-12,24-25,30H,8,13-21,29H2,1H3,(H,31,34). The van der Waals surface area contributed by atoms with Crippen molar-refractivity contribution in [1.29, 1.82) is 0 Å². The van der Waals surface area contributed by atoms with Gasteiger partial charge in [0.25, 0.3) is 0 Å². The molecule has 0 radical (unpaired) electrons. The number of rotatable bonds is 13. The summed E-state index contributed by atoms with van der Waals surface area (Å²) in [5, 5.41) is 5.77. The molecule has 0 aliphatic carbocycles. The summed E-state index contributed by atoms with van der Waals surface area (Å²) in [6, 6.07) is 19.3. The van der Waals surface area contributed by atoms with Crippen LogP contribution in [0, 0.1) is 0 Å². The lowest BCUT2D eigenvalue weighted by Crippen LogP contribution is -2.54. The first-order valence-electron chi connectivity index (χ1n) is 12.8. The van der Waals surface area contributed by atoms with E-state index in [2.05, 4.69) is 10.6 Å². The zero-order valence-corrected chi connectivity index (χ0v) is 21.2. The van der Waals surface area contributed by atoms with Crippen LogP contribution in [0.1, 0.15) is 30.4 Å². The molecule has 4 N–H and O–H groups in total. The van der Waals surface area contributed by atoms with Crippen molar-refractivity contribution in [3.8, 4) is 0 Å². The van der Waals surface area contributed by atoms with Crippen molar-refractivity contribution in [3.05, 3.63) is 71.8 Å². The highest BCUT2D eigenvalue weighted by Gasteiger charge is 2.35. The van der Waals surface area contributed by atoms with Crippen LogP contribution in [0.15, 0.2) is 60.7 Å². The van der Waals surface area contributed by atoms with Crippen molar-refractivity contribution in [2.24, 2.45) is 5.73 Å². The number of nitrogens with zero attached hydrogens (tertiary/aromatic N) is 2. The van der Waals surface area contributed by atoms with E-state index in [1.807, 2.05) is 65.6 Å². The van der Waals surface area contributed by atoms with Crippen LogP contribution in [-0.2, 0) is 27.2 Å². The number of nitrogens with one attached hydrogen (secondary N) is 2. The highest BCUT2D eigenvalue weighted by Crippen LogP contribution is 2.21. The molecule has 8 nitrogen and oxygen atoms in total. The van der Waals surface area contributed by atoms with Crippen LogP contribution in [0.5, 0.6) is 0 Å². The number of amides is 3. The lowest BCUT2D eigenvalue weighted by atomic mass is 10.0. The van der Waals surface area contributed by atoms with Crippen LogP contribution < -0.4 is 16.4 Å². The molecule has 1 aliphatic heterocycles. The zero-order chi connectivity index (χ0) is 25.8. The van der Waals surface area contributed by atoms with Crippen molar-refractivity contribution in [2.75, 3.05) is 39.8 Å². The van der Waals surface area contributed by atoms with E-state index in [4.69, 9.17) is 5.73 Å². The molecule has 3 rings (SSSR count). The van der Waals surface area contributed by atoms with Gasteiger partial charge in [0.1, 0.15) is 6.04 Å². The molecular formula is C28H39N5O3. The van der Waals surface area contributed by atoms with Gasteiger partial charge in [-0.2, -0.15) is 0 Å². The number of hydrogen-bond donors (Lipinski definition) is 3. The molecule has 1 aliphatic rings. The predicted molar refractivity (Wildman–Crippen MR) is 141 cm³/mol. The first kappa shape index (κ1) is 27.4. The summed E-state index contributed by atoms with van der Waals surface area (Å²) < 4.78 is 0. The smallest absolute Gasteiger partial charge is 0.245 e. The van der Waals surface area contributed by atoms with E-state index in [0.717, 1.165) is 30.4 Å².